The van der Waals surface area contributed by atoms with Crippen LogP contribution in [0.2, 0.25) is 0 Å². The van der Waals surface area contributed by atoms with Crippen LogP contribution in [0.25, 0.3) is 11.3 Å². The van der Waals surface area contributed by atoms with Crippen molar-refractivity contribution in [3.05, 3.63) is 102 Å². The first-order chi connectivity index (χ1) is 14.2. The van der Waals surface area contributed by atoms with Gasteiger partial charge in [0.25, 0.3) is 5.91 Å². The highest BCUT2D eigenvalue weighted by Gasteiger charge is 2.18. The zero-order valence-corrected chi connectivity index (χ0v) is 16.3. The van der Waals surface area contributed by atoms with Gasteiger partial charge in [-0.3, -0.25) is 9.48 Å². The number of furan rings is 1. The van der Waals surface area contributed by atoms with Gasteiger partial charge >= 0.3 is 0 Å². The Labute approximate surface area is 170 Å². The SMILES string of the molecule is Cc1ccc(-c2nn(Cc3ccccc3)cc2C(=O)NCCc2ccco2)cc1. The van der Waals surface area contributed by atoms with Crippen LogP contribution in [0.3, 0.4) is 0 Å². The quantitative estimate of drug-likeness (QED) is 0.510. The van der Waals surface area contributed by atoms with Crippen molar-refractivity contribution in [1.82, 2.24) is 15.1 Å². The second-order valence-electron chi connectivity index (χ2n) is 7.03. The van der Waals surface area contributed by atoms with Gasteiger partial charge in [-0.25, -0.2) is 0 Å². The average Bonchev–Trinajstić information content (AvgIpc) is 3.39. The minimum Gasteiger partial charge on any atom is -0.469 e. The Bertz CT molecular complexity index is 1070. The van der Waals surface area contributed by atoms with Gasteiger partial charge in [-0.2, -0.15) is 5.10 Å². The van der Waals surface area contributed by atoms with Crippen molar-refractivity contribution in [2.45, 2.75) is 19.9 Å². The van der Waals surface area contributed by atoms with Gasteiger partial charge in [-0.1, -0.05) is 60.2 Å². The summed E-state index contributed by atoms with van der Waals surface area (Å²) in [4.78, 5) is 12.9. The molecule has 2 aromatic carbocycles. The number of carbonyl (C=O) groups is 1. The van der Waals surface area contributed by atoms with Gasteiger partial charge in [0.05, 0.1) is 18.4 Å². The zero-order chi connectivity index (χ0) is 20.1. The van der Waals surface area contributed by atoms with Gasteiger partial charge in [-0.05, 0) is 24.6 Å². The molecule has 0 atom stereocenters. The molecule has 146 valence electrons. The Morgan fingerprint density at radius 3 is 2.55 bits per heavy atom. The van der Waals surface area contributed by atoms with Crippen LogP contribution in [0.15, 0.2) is 83.6 Å². The molecule has 5 nitrogen and oxygen atoms in total. The predicted molar refractivity (Wildman–Crippen MR) is 113 cm³/mol. The number of nitrogens with one attached hydrogen (secondary N) is 1. The molecular formula is C24H23N3O2. The van der Waals surface area contributed by atoms with Crippen molar-refractivity contribution in [2.24, 2.45) is 0 Å². The summed E-state index contributed by atoms with van der Waals surface area (Å²) < 4.78 is 7.15. The molecule has 0 bridgehead atoms. The number of nitrogens with zero attached hydrogens (tertiary/aromatic N) is 2. The maximum absolute atomic E-state index is 12.9. The van der Waals surface area contributed by atoms with Crippen LogP contribution in [0, 0.1) is 6.92 Å². The van der Waals surface area contributed by atoms with E-state index in [2.05, 4.69) is 17.4 Å². The molecule has 0 aliphatic carbocycles. The zero-order valence-electron chi connectivity index (χ0n) is 16.3. The van der Waals surface area contributed by atoms with Gasteiger partial charge in [-0.15, -0.1) is 0 Å². The van der Waals surface area contributed by atoms with Crippen molar-refractivity contribution in [1.29, 1.82) is 0 Å². The molecule has 0 aliphatic rings. The third-order valence-corrected chi connectivity index (χ3v) is 4.76. The number of aromatic nitrogens is 2. The molecule has 0 spiro atoms. The van der Waals surface area contributed by atoms with E-state index in [1.165, 1.54) is 5.56 Å². The molecule has 0 aliphatic heterocycles. The van der Waals surface area contributed by atoms with Gasteiger partial charge in [0, 0.05) is 24.7 Å². The van der Waals surface area contributed by atoms with E-state index < -0.39 is 0 Å². The van der Waals surface area contributed by atoms with E-state index in [0.29, 0.717) is 30.8 Å². The van der Waals surface area contributed by atoms with Crippen molar-refractivity contribution in [3.63, 3.8) is 0 Å². The van der Waals surface area contributed by atoms with Crippen LogP contribution in [0.4, 0.5) is 0 Å². The predicted octanol–water partition coefficient (Wildman–Crippen LogP) is 4.47. The highest BCUT2D eigenvalue weighted by molar-refractivity contribution is 5.99. The van der Waals surface area contributed by atoms with E-state index in [1.54, 1.807) is 6.26 Å². The first kappa shape index (κ1) is 18.7. The molecule has 0 unspecified atom stereocenters. The molecule has 0 saturated heterocycles. The van der Waals surface area contributed by atoms with Crippen molar-refractivity contribution in [3.8, 4) is 11.3 Å². The molecule has 0 fully saturated rings. The van der Waals surface area contributed by atoms with Crippen LogP contribution in [-0.4, -0.2) is 22.2 Å². The van der Waals surface area contributed by atoms with E-state index in [0.717, 1.165) is 16.9 Å². The highest BCUT2D eigenvalue weighted by atomic mass is 16.3. The van der Waals surface area contributed by atoms with Crippen molar-refractivity contribution < 1.29 is 9.21 Å². The van der Waals surface area contributed by atoms with Gasteiger partial charge < -0.3 is 9.73 Å². The number of hydrogen-bond acceptors (Lipinski definition) is 3. The summed E-state index contributed by atoms with van der Waals surface area (Å²) in [6.07, 6.45) is 4.11. The molecule has 5 heteroatoms. The fourth-order valence-corrected chi connectivity index (χ4v) is 3.21. The minimum absolute atomic E-state index is 0.133. The molecule has 4 rings (SSSR count). The van der Waals surface area contributed by atoms with Crippen LogP contribution in [0.5, 0.6) is 0 Å². The number of benzene rings is 2. The molecule has 0 radical (unpaired) electrons. The third kappa shape index (κ3) is 4.63. The summed E-state index contributed by atoms with van der Waals surface area (Å²) in [5.74, 6) is 0.718. The first-order valence-corrected chi connectivity index (χ1v) is 9.68. The lowest BCUT2D eigenvalue weighted by atomic mass is 10.1. The Morgan fingerprint density at radius 2 is 1.83 bits per heavy atom. The Balaban J connectivity index is 1.57. The summed E-state index contributed by atoms with van der Waals surface area (Å²) in [7, 11) is 0. The maximum atomic E-state index is 12.9. The lowest BCUT2D eigenvalue weighted by molar-refractivity contribution is 0.0954. The highest BCUT2D eigenvalue weighted by Crippen LogP contribution is 2.23. The number of amides is 1. The fourth-order valence-electron chi connectivity index (χ4n) is 3.21. The van der Waals surface area contributed by atoms with Crippen LogP contribution < -0.4 is 5.32 Å². The van der Waals surface area contributed by atoms with Gasteiger partial charge in [0.15, 0.2) is 0 Å². The molecule has 0 saturated carbocycles. The standard InChI is InChI=1S/C24H23N3O2/c1-18-9-11-20(12-10-18)23-22(24(28)25-14-13-21-8-5-15-29-21)17-27(26-23)16-19-6-3-2-4-7-19/h2-12,15,17H,13-14,16H2,1H3,(H,25,28). The second kappa shape index (κ2) is 8.61. The Kier molecular flexibility index (Phi) is 5.56. The van der Waals surface area contributed by atoms with Crippen LogP contribution in [-0.2, 0) is 13.0 Å². The minimum atomic E-state index is -0.133. The molecule has 4 aromatic rings. The summed E-state index contributed by atoms with van der Waals surface area (Å²) in [6, 6.07) is 21.9. The van der Waals surface area contributed by atoms with Gasteiger partial charge in [0.1, 0.15) is 11.5 Å². The smallest absolute Gasteiger partial charge is 0.255 e. The molecule has 2 aromatic heterocycles. The van der Waals surface area contributed by atoms with E-state index >= 15 is 0 Å². The van der Waals surface area contributed by atoms with Crippen LogP contribution >= 0.6 is 0 Å². The lowest BCUT2D eigenvalue weighted by Gasteiger charge is -2.05. The van der Waals surface area contributed by atoms with E-state index in [9.17, 15) is 4.79 Å². The summed E-state index contributed by atoms with van der Waals surface area (Å²) in [5.41, 5.74) is 4.50. The third-order valence-electron chi connectivity index (χ3n) is 4.76. The van der Waals surface area contributed by atoms with Crippen molar-refractivity contribution in [2.75, 3.05) is 6.54 Å². The number of carbonyl (C=O) groups excluding carboxylic acids is 1. The first-order valence-electron chi connectivity index (χ1n) is 9.68. The fraction of sp³-hybridized carbons (Fsp3) is 0.167. The molecule has 29 heavy (non-hydrogen) atoms. The van der Waals surface area contributed by atoms with E-state index in [1.807, 2.05) is 72.4 Å². The molecule has 2 heterocycles. The maximum Gasteiger partial charge on any atom is 0.255 e. The summed E-state index contributed by atoms with van der Waals surface area (Å²) >= 11 is 0. The lowest BCUT2D eigenvalue weighted by Crippen LogP contribution is -2.25. The number of hydrogen-bond donors (Lipinski definition) is 1. The average molecular weight is 385 g/mol. The summed E-state index contributed by atoms with van der Waals surface area (Å²) in [5, 5.41) is 7.71. The Morgan fingerprint density at radius 1 is 1.03 bits per heavy atom. The monoisotopic (exact) mass is 385 g/mol. The molecule has 1 N–H and O–H groups in total. The molecule has 1 amide bonds. The largest absolute Gasteiger partial charge is 0.469 e. The van der Waals surface area contributed by atoms with Crippen molar-refractivity contribution >= 4 is 5.91 Å². The van der Waals surface area contributed by atoms with E-state index in [4.69, 9.17) is 9.52 Å². The Hall–Kier alpha value is -3.60. The van der Waals surface area contributed by atoms with E-state index in [-0.39, 0.29) is 5.91 Å². The summed E-state index contributed by atoms with van der Waals surface area (Å²) in [6.45, 7) is 3.16. The normalized spacial score (nSPS) is 10.8. The number of rotatable bonds is 7. The topological polar surface area (TPSA) is 60.1 Å². The second-order valence-corrected chi connectivity index (χ2v) is 7.03. The van der Waals surface area contributed by atoms with Crippen LogP contribution in [0.1, 0.15) is 27.2 Å². The number of aryl methyl sites for hydroxylation is 1. The van der Waals surface area contributed by atoms with Gasteiger partial charge in [0.2, 0.25) is 0 Å². The molecular weight excluding hydrogens is 362 g/mol.